The molecule has 3 nitrogen and oxygen atoms in total. The predicted molar refractivity (Wildman–Crippen MR) is 78.5 cm³/mol. The lowest BCUT2D eigenvalue weighted by molar-refractivity contribution is 0.108. The number of anilines is 1. The minimum atomic E-state index is 0.409. The van der Waals surface area contributed by atoms with E-state index >= 15 is 0 Å². The molecule has 1 saturated carbocycles. The van der Waals surface area contributed by atoms with Crippen LogP contribution in [0.15, 0.2) is 30.3 Å². The topological polar surface area (TPSA) is 34.1 Å². The number of nitrogens with zero attached hydrogens (tertiary/aromatic N) is 1. The zero-order chi connectivity index (χ0) is 13.2. The van der Waals surface area contributed by atoms with E-state index in [9.17, 15) is 0 Å². The standard InChI is InChI=1S/C16H20N2O/c1-11-9-16(14-5-3-4-6-15(14)17-11)18-12-7-8-13(10-12)19-2/h3-6,9,12-13H,7-8,10H2,1-2H3,(H,17,18). The fourth-order valence-electron chi connectivity index (χ4n) is 2.93. The Labute approximate surface area is 114 Å². The first-order chi connectivity index (χ1) is 9.26. The monoisotopic (exact) mass is 256 g/mol. The molecule has 1 aliphatic rings. The highest BCUT2D eigenvalue weighted by molar-refractivity contribution is 5.91. The molecule has 1 aliphatic carbocycles. The zero-order valence-electron chi connectivity index (χ0n) is 11.5. The van der Waals surface area contributed by atoms with Crippen molar-refractivity contribution in [3.63, 3.8) is 0 Å². The van der Waals surface area contributed by atoms with Gasteiger partial charge in [-0.25, -0.2) is 0 Å². The van der Waals surface area contributed by atoms with Crippen molar-refractivity contribution in [1.29, 1.82) is 0 Å². The van der Waals surface area contributed by atoms with Gasteiger partial charge in [-0.2, -0.15) is 0 Å². The molecule has 1 fully saturated rings. The maximum atomic E-state index is 5.44. The number of para-hydroxylation sites is 1. The third-order valence-electron chi connectivity index (χ3n) is 3.92. The number of fused-ring (bicyclic) bond motifs is 1. The third kappa shape index (κ3) is 2.56. The summed E-state index contributed by atoms with van der Waals surface area (Å²) in [7, 11) is 1.80. The number of aromatic nitrogens is 1. The molecule has 0 aliphatic heterocycles. The third-order valence-corrected chi connectivity index (χ3v) is 3.92. The van der Waals surface area contributed by atoms with Gasteiger partial charge in [-0.1, -0.05) is 18.2 Å². The first-order valence-electron chi connectivity index (χ1n) is 6.92. The Kier molecular flexibility index (Phi) is 3.38. The Hall–Kier alpha value is -1.61. The van der Waals surface area contributed by atoms with Gasteiger partial charge in [0, 0.05) is 29.9 Å². The van der Waals surface area contributed by atoms with E-state index in [1.54, 1.807) is 7.11 Å². The number of ether oxygens (including phenoxy) is 1. The summed E-state index contributed by atoms with van der Waals surface area (Å²) in [6, 6.07) is 11.0. The van der Waals surface area contributed by atoms with Crippen LogP contribution in [0.3, 0.4) is 0 Å². The van der Waals surface area contributed by atoms with Crippen molar-refractivity contribution >= 4 is 16.6 Å². The van der Waals surface area contributed by atoms with Crippen LogP contribution in [0.5, 0.6) is 0 Å². The van der Waals surface area contributed by atoms with Gasteiger partial charge >= 0.3 is 0 Å². The van der Waals surface area contributed by atoms with Gasteiger partial charge in [0.1, 0.15) is 0 Å². The summed E-state index contributed by atoms with van der Waals surface area (Å²) < 4.78 is 5.44. The molecule has 3 rings (SSSR count). The molecule has 0 radical (unpaired) electrons. The van der Waals surface area contributed by atoms with E-state index < -0.39 is 0 Å². The van der Waals surface area contributed by atoms with Crippen LogP contribution < -0.4 is 5.32 Å². The Morgan fingerprint density at radius 1 is 1.26 bits per heavy atom. The van der Waals surface area contributed by atoms with Crippen LogP contribution in [0.1, 0.15) is 25.0 Å². The van der Waals surface area contributed by atoms with Gasteiger partial charge in [-0.15, -0.1) is 0 Å². The fourth-order valence-corrected chi connectivity index (χ4v) is 2.93. The molecule has 0 saturated heterocycles. The molecule has 2 unspecified atom stereocenters. The second-order valence-electron chi connectivity index (χ2n) is 5.34. The Balaban J connectivity index is 1.88. The molecule has 0 spiro atoms. The lowest BCUT2D eigenvalue weighted by atomic mass is 10.1. The molecule has 100 valence electrons. The highest BCUT2D eigenvalue weighted by Gasteiger charge is 2.24. The predicted octanol–water partition coefficient (Wildman–Crippen LogP) is 3.52. The maximum Gasteiger partial charge on any atom is 0.0725 e. The zero-order valence-corrected chi connectivity index (χ0v) is 11.5. The number of nitrogens with one attached hydrogen (secondary N) is 1. The molecular weight excluding hydrogens is 236 g/mol. The van der Waals surface area contributed by atoms with Gasteiger partial charge < -0.3 is 10.1 Å². The van der Waals surface area contributed by atoms with Gasteiger partial charge in [0.05, 0.1) is 11.6 Å². The summed E-state index contributed by atoms with van der Waals surface area (Å²) in [6.45, 7) is 2.05. The van der Waals surface area contributed by atoms with Crippen LogP contribution in [0.4, 0.5) is 5.69 Å². The van der Waals surface area contributed by atoms with Crippen molar-refractivity contribution in [3.8, 4) is 0 Å². The molecule has 1 aromatic carbocycles. The van der Waals surface area contributed by atoms with Crippen molar-refractivity contribution in [2.75, 3.05) is 12.4 Å². The Morgan fingerprint density at radius 3 is 2.89 bits per heavy atom. The number of aryl methyl sites for hydroxylation is 1. The van der Waals surface area contributed by atoms with Gasteiger partial charge in [0.25, 0.3) is 0 Å². The van der Waals surface area contributed by atoms with Crippen LogP contribution in [0.25, 0.3) is 10.9 Å². The second-order valence-corrected chi connectivity index (χ2v) is 5.34. The SMILES string of the molecule is COC1CCC(Nc2cc(C)nc3ccccc23)C1. The molecular formula is C16H20N2O. The van der Waals surface area contributed by atoms with Gasteiger partial charge in [0.15, 0.2) is 0 Å². The van der Waals surface area contributed by atoms with E-state index in [1.165, 1.54) is 17.5 Å². The number of rotatable bonds is 3. The average Bonchev–Trinajstić information content (AvgIpc) is 2.86. The lowest BCUT2D eigenvalue weighted by Gasteiger charge is -2.16. The van der Waals surface area contributed by atoms with Crippen LogP contribution in [-0.4, -0.2) is 24.2 Å². The molecule has 19 heavy (non-hydrogen) atoms. The first-order valence-corrected chi connectivity index (χ1v) is 6.92. The molecule has 1 N–H and O–H groups in total. The van der Waals surface area contributed by atoms with Crippen LogP contribution in [0, 0.1) is 6.92 Å². The van der Waals surface area contributed by atoms with Crippen molar-refractivity contribution in [1.82, 2.24) is 4.98 Å². The van der Waals surface area contributed by atoms with Gasteiger partial charge in [0.2, 0.25) is 0 Å². The number of pyridine rings is 1. The average molecular weight is 256 g/mol. The van der Waals surface area contributed by atoms with Gasteiger partial charge in [-0.05, 0) is 38.3 Å². The molecule has 3 heteroatoms. The lowest BCUT2D eigenvalue weighted by Crippen LogP contribution is -2.17. The molecule has 0 bridgehead atoms. The first kappa shape index (κ1) is 12.4. The molecule has 2 aromatic rings. The fraction of sp³-hybridized carbons (Fsp3) is 0.438. The van der Waals surface area contributed by atoms with E-state index in [-0.39, 0.29) is 0 Å². The molecule has 2 atom stereocenters. The smallest absolute Gasteiger partial charge is 0.0725 e. The second kappa shape index (κ2) is 5.17. The van der Waals surface area contributed by atoms with Crippen LogP contribution in [0.2, 0.25) is 0 Å². The van der Waals surface area contributed by atoms with Crippen LogP contribution in [-0.2, 0) is 4.74 Å². The molecule has 0 amide bonds. The number of hydrogen-bond donors (Lipinski definition) is 1. The Morgan fingerprint density at radius 2 is 2.11 bits per heavy atom. The minimum Gasteiger partial charge on any atom is -0.382 e. The van der Waals surface area contributed by atoms with Gasteiger partial charge in [-0.3, -0.25) is 4.98 Å². The Bertz CT molecular complexity index is 582. The summed E-state index contributed by atoms with van der Waals surface area (Å²) in [5.41, 5.74) is 3.32. The van der Waals surface area contributed by atoms with Crippen molar-refractivity contribution in [2.45, 2.75) is 38.3 Å². The summed E-state index contributed by atoms with van der Waals surface area (Å²) in [6.07, 6.45) is 3.82. The van der Waals surface area contributed by atoms with Crippen molar-refractivity contribution in [3.05, 3.63) is 36.0 Å². The highest BCUT2D eigenvalue weighted by Crippen LogP contribution is 2.28. The summed E-state index contributed by atoms with van der Waals surface area (Å²) in [4.78, 5) is 4.58. The normalized spacial score (nSPS) is 22.8. The van der Waals surface area contributed by atoms with E-state index in [0.717, 1.165) is 24.1 Å². The van der Waals surface area contributed by atoms with E-state index in [1.807, 2.05) is 13.0 Å². The van der Waals surface area contributed by atoms with E-state index in [2.05, 4.69) is 34.6 Å². The largest absolute Gasteiger partial charge is 0.382 e. The summed E-state index contributed by atoms with van der Waals surface area (Å²) >= 11 is 0. The maximum absolute atomic E-state index is 5.44. The van der Waals surface area contributed by atoms with Crippen molar-refractivity contribution < 1.29 is 4.74 Å². The molecule has 1 heterocycles. The quantitative estimate of drug-likeness (QED) is 0.912. The molecule has 1 aromatic heterocycles. The summed E-state index contributed by atoms with van der Waals surface area (Å²) in [5, 5.41) is 4.87. The van der Waals surface area contributed by atoms with Crippen LogP contribution >= 0.6 is 0 Å². The number of hydrogen-bond acceptors (Lipinski definition) is 3. The highest BCUT2D eigenvalue weighted by atomic mass is 16.5. The van der Waals surface area contributed by atoms with E-state index in [4.69, 9.17) is 4.74 Å². The minimum absolute atomic E-state index is 0.409. The van der Waals surface area contributed by atoms with Crippen molar-refractivity contribution in [2.24, 2.45) is 0 Å². The summed E-state index contributed by atoms with van der Waals surface area (Å²) in [5.74, 6) is 0. The van der Waals surface area contributed by atoms with E-state index in [0.29, 0.717) is 12.1 Å². The number of benzene rings is 1. The number of methoxy groups -OCH3 is 1.